The van der Waals surface area contributed by atoms with Crippen LogP contribution in [0.3, 0.4) is 0 Å². The molecule has 1 aliphatic carbocycles. The summed E-state index contributed by atoms with van der Waals surface area (Å²) in [6, 6.07) is 7.78. The number of aryl methyl sites for hydroxylation is 1. The van der Waals surface area contributed by atoms with E-state index in [-0.39, 0.29) is 12.1 Å². The second-order valence-corrected chi connectivity index (χ2v) is 10.2. The molecule has 194 valence electrons. The highest BCUT2D eigenvalue weighted by Crippen LogP contribution is 2.28. The largest absolute Gasteiger partial charge is 0.511 e. The van der Waals surface area contributed by atoms with Crippen molar-refractivity contribution in [3.05, 3.63) is 47.5 Å². The fraction of sp³-hybridized carbons (Fsp3) is 0.593. The Bertz CT molecular complexity index is 1080. The summed E-state index contributed by atoms with van der Waals surface area (Å²) < 4.78 is 18.4. The highest BCUT2D eigenvalue weighted by molar-refractivity contribution is 5.76. The number of esters is 1. The number of likely N-dealkylation sites (tertiary alicyclic amines) is 1. The Kier molecular flexibility index (Phi) is 7.57. The molecule has 0 amide bonds. The molecule has 0 spiro atoms. The summed E-state index contributed by atoms with van der Waals surface area (Å²) in [5.74, 6) is -0.444. The summed E-state index contributed by atoms with van der Waals surface area (Å²) in [7, 11) is 0. The Hall–Kier alpha value is -2.91. The van der Waals surface area contributed by atoms with Crippen molar-refractivity contribution in [3.8, 4) is 5.69 Å². The summed E-state index contributed by atoms with van der Waals surface area (Å²) in [5, 5.41) is 0. The van der Waals surface area contributed by atoms with Crippen molar-refractivity contribution in [1.29, 1.82) is 0 Å². The number of hydrogen-bond donors (Lipinski definition) is 1. The normalized spacial score (nSPS) is 21.8. The molecule has 2 aromatic rings. The van der Waals surface area contributed by atoms with Gasteiger partial charge in [0.05, 0.1) is 12.0 Å². The molecular weight excluding hydrogens is 460 g/mol. The van der Waals surface area contributed by atoms with Crippen molar-refractivity contribution in [1.82, 2.24) is 14.5 Å². The number of hydrogen-bond acceptors (Lipinski definition) is 8. The summed E-state index contributed by atoms with van der Waals surface area (Å²) in [4.78, 5) is 32.3. The molecule has 36 heavy (non-hydrogen) atoms. The monoisotopic (exact) mass is 496 g/mol. The second kappa shape index (κ2) is 11.0. The van der Waals surface area contributed by atoms with Gasteiger partial charge in [-0.1, -0.05) is 24.6 Å². The van der Waals surface area contributed by atoms with Crippen molar-refractivity contribution in [2.75, 3.05) is 13.1 Å². The van der Waals surface area contributed by atoms with E-state index in [1.165, 1.54) is 5.56 Å². The van der Waals surface area contributed by atoms with E-state index < -0.39 is 24.5 Å². The number of benzene rings is 1. The SMILES string of the molecule is CC(OC(=O)OC1CCCCC1)OC(=O)C(Cc1ncn2c1CCc1ccccc1-2)N1CCC(N)C1. The molecule has 1 saturated heterocycles. The molecule has 1 aromatic carbocycles. The van der Waals surface area contributed by atoms with Gasteiger partial charge in [0, 0.05) is 43.9 Å². The number of ether oxygens (including phenoxy) is 3. The van der Waals surface area contributed by atoms with E-state index in [4.69, 9.17) is 24.9 Å². The number of para-hydroxylation sites is 1. The van der Waals surface area contributed by atoms with Crippen LogP contribution in [0, 0.1) is 0 Å². The van der Waals surface area contributed by atoms with Crippen LogP contribution in [-0.4, -0.2) is 64.1 Å². The minimum Gasteiger partial charge on any atom is -0.431 e. The number of imidazole rings is 1. The fourth-order valence-corrected chi connectivity index (χ4v) is 5.66. The van der Waals surface area contributed by atoms with Crippen LogP contribution in [0.5, 0.6) is 0 Å². The van der Waals surface area contributed by atoms with E-state index in [1.807, 2.05) is 12.4 Å². The van der Waals surface area contributed by atoms with E-state index in [9.17, 15) is 9.59 Å². The lowest BCUT2D eigenvalue weighted by atomic mass is 9.98. The Labute approximate surface area is 211 Å². The molecule has 2 aliphatic heterocycles. The van der Waals surface area contributed by atoms with Crippen LogP contribution in [0.15, 0.2) is 30.6 Å². The van der Waals surface area contributed by atoms with Crippen LogP contribution in [-0.2, 0) is 38.3 Å². The number of nitrogens with zero attached hydrogens (tertiary/aromatic N) is 3. The molecule has 3 heterocycles. The lowest BCUT2D eigenvalue weighted by molar-refractivity contribution is -0.174. The first kappa shape index (κ1) is 24.8. The van der Waals surface area contributed by atoms with Crippen LogP contribution in [0.4, 0.5) is 4.79 Å². The van der Waals surface area contributed by atoms with Crippen molar-refractivity contribution in [2.45, 2.75) is 89.2 Å². The van der Waals surface area contributed by atoms with E-state index >= 15 is 0 Å². The first-order chi connectivity index (χ1) is 17.5. The van der Waals surface area contributed by atoms with Gasteiger partial charge in [0.15, 0.2) is 0 Å². The molecule has 3 aliphatic rings. The summed E-state index contributed by atoms with van der Waals surface area (Å²) in [6.07, 6.45) is 7.87. The lowest BCUT2D eigenvalue weighted by Crippen LogP contribution is -2.45. The third-order valence-corrected chi connectivity index (χ3v) is 7.55. The van der Waals surface area contributed by atoms with E-state index in [2.05, 4.69) is 27.7 Å². The van der Waals surface area contributed by atoms with E-state index in [1.54, 1.807) is 6.92 Å². The van der Waals surface area contributed by atoms with Crippen molar-refractivity contribution < 1.29 is 23.8 Å². The first-order valence-electron chi connectivity index (χ1n) is 13.2. The van der Waals surface area contributed by atoms with Gasteiger partial charge in [0.25, 0.3) is 0 Å². The number of carbonyl (C=O) groups excluding carboxylic acids is 2. The van der Waals surface area contributed by atoms with Crippen LogP contribution in [0.2, 0.25) is 0 Å². The molecule has 9 heteroatoms. The third kappa shape index (κ3) is 5.57. The average Bonchev–Trinajstić information content (AvgIpc) is 3.48. The Morgan fingerprint density at radius 2 is 1.92 bits per heavy atom. The maximum absolute atomic E-state index is 13.3. The number of fused-ring (bicyclic) bond motifs is 3. The zero-order chi connectivity index (χ0) is 25.1. The molecule has 2 fully saturated rings. The number of carbonyl (C=O) groups is 2. The zero-order valence-corrected chi connectivity index (χ0v) is 20.9. The minimum atomic E-state index is -1.05. The van der Waals surface area contributed by atoms with E-state index in [0.29, 0.717) is 19.5 Å². The second-order valence-electron chi connectivity index (χ2n) is 10.2. The highest BCUT2D eigenvalue weighted by atomic mass is 16.8. The van der Waals surface area contributed by atoms with Gasteiger partial charge in [0.1, 0.15) is 12.1 Å². The molecule has 0 radical (unpaired) electrons. The predicted molar refractivity (Wildman–Crippen MR) is 133 cm³/mol. The summed E-state index contributed by atoms with van der Waals surface area (Å²) >= 11 is 0. The van der Waals surface area contributed by atoms with Crippen LogP contribution >= 0.6 is 0 Å². The standard InChI is InChI=1S/C27H36N4O5/c1-18(35-27(33)36-21-8-3-2-4-9-21)34-26(32)25(30-14-13-20(28)16-30)15-22-24-12-11-19-7-5-6-10-23(19)31(24)17-29-22/h5-7,10,17-18,20-21,25H,2-4,8-9,11-16,28H2,1H3. The van der Waals surface area contributed by atoms with Gasteiger partial charge in [-0.15, -0.1) is 0 Å². The van der Waals surface area contributed by atoms with Crippen LogP contribution in [0.25, 0.3) is 5.69 Å². The molecular formula is C27H36N4O5. The zero-order valence-electron chi connectivity index (χ0n) is 20.9. The maximum atomic E-state index is 13.3. The topological polar surface area (TPSA) is 109 Å². The smallest absolute Gasteiger partial charge is 0.431 e. The highest BCUT2D eigenvalue weighted by Gasteiger charge is 2.35. The maximum Gasteiger partial charge on any atom is 0.511 e. The van der Waals surface area contributed by atoms with Crippen molar-refractivity contribution in [3.63, 3.8) is 0 Å². The number of rotatable bonds is 7. The van der Waals surface area contributed by atoms with Gasteiger partial charge in [-0.25, -0.2) is 9.78 Å². The van der Waals surface area contributed by atoms with Gasteiger partial charge < -0.3 is 24.5 Å². The van der Waals surface area contributed by atoms with Crippen LogP contribution < -0.4 is 5.73 Å². The van der Waals surface area contributed by atoms with Gasteiger partial charge in [-0.05, 0) is 56.6 Å². The van der Waals surface area contributed by atoms with Gasteiger partial charge >= 0.3 is 12.1 Å². The Morgan fingerprint density at radius 1 is 1.11 bits per heavy atom. The Balaban J connectivity index is 1.26. The molecule has 1 saturated carbocycles. The first-order valence-corrected chi connectivity index (χ1v) is 13.2. The molecule has 2 N–H and O–H groups in total. The average molecular weight is 497 g/mol. The predicted octanol–water partition coefficient (Wildman–Crippen LogP) is 3.29. The molecule has 0 bridgehead atoms. The Morgan fingerprint density at radius 3 is 2.69 bits per heavy atom. The molecule has 1 aromatic heterocycles. The molecule has 3 unspecified atom stereocenters. The fourth-order valence-electron chi connectivity index (χ4n) is 5.66. The molecule has 3 atom stereocenters. The van der Waals surface area contributed by atoms with Crippen LogP contribution in [0.1, 0.15) is 62.4 Å². The van der Waals surface area contributed by atoms with E-state index in [0.717, 1.165) is 68.4 Å². The number of aromatic nitrogens is 2. The number of nitrogens with two attached hydrogens (primary N) is 1. The lowest BCUT2D eigenvalue weighted by Gasteiger charge is -2.28. The van der Waals surface area contributed by atoms with Gasteiger partial charge in [0.2, 0.25) is 6.29 Å². The van der Waals surface area contributed by atoms with Gasteiger partial charge in [-0.3, -0.25) is 9.69 Å². The molecule has 5 rings (SSSR count). The van der Waals surface area contributed by atoms with Crippen molar-refractivity contribution in [2.24, 2.45) is 5.73 Å². The van der Waals surface area contributed by atoms with Gasteiger partial charge in [-0.2, -0.15) is 0 Å². The summed E-state index contributed by atoms with van der Waals surface area (Å²) in [5.41, 5.74) is 10.6. The third-order valence-electron chi connectivity index (χ3n) is 7.55. The minimum absolute atomic E-state index is 0.0160. The summed E-state index contributed by atoms with van der Waals surface area (Å²) in [6.45, 7) is 2.86. The van der Waals surface area contributed by atoms with Crippen molar-refractivity contribution >= 4 is 12.1 Å². The quantitative estimate of drug-likeness (QED) is 0.460. The molecule has 9 nitrogen and oxygen atoms in total.